The lowest BCUT2D eigenvalue weighted by Crippen LogP contribution is -2.47. The van der Waals surface area contributed by atoms with Crippen molar-refractivity contribution in [2.45, 2.75) is 63.1 Å². The molecule has 22 heavy (non-hydrogen) atoms. The maximum absolute atomic E-state index is 12.5. The van der Waals surface area contributed by atoms with Crippen LogP contribution in [0, 0.1) is 5.92 Å². The lowest BCUT2D eigenvalue weighted by Gasteiger charge is -2.33. The molecule has 2 saturated heterocycles. The number of carbonyl (C=O) groups excluding carboxylic acids is 1. The molecule has 6 heteroatoms. The summed E-state index contributed by atoms with van der Waals surface area (Å²) >= 11 is 0. The zero-order valence-corrected chi connectivity index (χ0v) is 12.9. The minimum absolute atomic E-state index is 0.0349. The number of aliphatic carboxylic acids is 1. The zero-order chi connectivity index (χ0) is 15.5. The molecule has 0 radical (unpaired) electrons. The maximum Gasteiger partial charge on any atom is 0.326 e. The second kappa shape index (κ2) is 6.96. The number of carboxylic acid groups (broad SMARTS) is 1. The molecule has 6 nitrogen and oxygen atoms in total. The highest BCUT2D eigenvalue weighted by atomic mass is 16.5. The number of nitrogens with zero attached hydrogens (tertiary/aromatic N) is 1. The van der Waals surface area contributed by atoms with Gasteiger partial charge in [0.2, 0.25) is 5.91 Å². The van der Waals surface area contributed by atoms with Crippen LogP contribution < -0.4 is 0 Å². The van der Waals surface area contributed by atoms with Gasteiger partial charge in [-0.15, -0.1) is 0 Å². The number of hydrogen-bond acceptors (Lipinski definition) is 4. The van der Waals surface area contributed by atoms with Gasteiger partial charge in [0.05, 0.1) is 12.7 Å². The summed E-state index contributed by atoms with van der Waals surface area (Å²) in [5.41, 5.74) is 0. The Morgan fingerprint density at radius 2 is 2.00 bits per heavy atom. The Hall–Kier alpha value is -1.14. The van der Waals surface area contributed by atoms with Crippen LogP contribution in [0.5, 0.6) is 0 Å². The molecule has 1 saturated carbocycles. The molecule has 0 aromatic rings. The van der Waals surface area contributed by atoms with Gasteiger partial charge in [-0.3, -0.25) is 4.79 Å². The molecule has 2 heterocycles. The van der Waals surface area contributed by atoms with E-state index >= 15 is 0 Å². The molecule has 0 unspecified atom stereocenters. The van der Waals surface area contributed by atoms with Crippen molar-refractivity contribution >= 4 is 11.9 Å². The summed E-state index contributed by atoms with van der Waals surface area (Å²) < 4.78 is 11.0. The predicted octanol–water partition coefficient (Wildman–Crippen LogP) is 1.43. The van der Waals surface area contributed by atoms with Crippen molar-refractivity contribution in [2.75, 3.05) is 19.8 Å². The van der Waals surface area contributed by atoms with Crippen LogP contribution in [0.25, 0.3) is 0 Å². The first-order valence-corrected chi connectivity index (χ1v) is 8.40. The quantitative estimate of drug-likeness (QED) is 0.831. The first-order valence-electron chi connectivity index (χ1n) is 8.40. The molecule has 0 aromatic heterocycles. The molecule has 124 valence electrons. The minimum Gasteiger partial charge on any atom is -0.480 e. The second-order valence-corrected chi connectivity index (χ2v) is 6.65. The summed E-state index contributed by atoms with van der Waals surface area (Å²) in [6, 6.07) is -0.583. The summed E-state index contributed by atoms with van der Waals surface area (Å²) in [6.07, 6.45) is 6.88. The normalized spacial score (nSPS) is 34.6. The molecular formula is C16H25NO5. The average molecular weight is 311 g/mol. The monoisotopic (exact) mass is 311 g/mol. The van der Waals surface area contributed by atoms with Crippen LogP contribution in [-0.2, 0) is 19.1 Å². The Morgan fingerprint density at radius 1 is 1.18 bits per heavy atom. The molecule has 1 N–H and O–H groups in total. The fourth-order valence-corrected chi connectivity index (χ4v) is 4.17. The topological polar surface area (TPSA) is 76.1 Å². The number of rotatable bonds is 5. The first-order chi connectivity index (χ1) is 10.7. The van der Waals surface area contributed by atoms with Crippen molar-refractivity contribution < 1.29 is 24.2 Å². The van der Waals surface area contributed by atoms with Crippen molar-refractivity contribution in [3.05, 3.63) is 0 Å². The van der Waals surface area contributed by atoms with Crippen LogP contribution >= 0.6 is 0 Å². The second-order valence-electron chi connectivity index (χ2n) is 6.65. The SMILES string of the molecule is O=C(O)[C@@H]1C[C@@H]2CCCC[C@H]2N1C(=O)COC[C@H]1CCCO1. The van der Waals surface area contributed by atoms with E-state index in [9.17, 15) is 14.7 Å². The van der Waals surface area contributed by atoms with Gasteiger partial charge in [0.25, 0.3) is 0 Å². The maximum atomic E-state index is 12.5. The number of amides is 1. The number of likely N-dealkylation sites (tertiary alicyclic amines) is 1. The van der Waals surface area contributed by atoms with Crippen LogP contribution in [0.4, 0.5) is 0 Å². The van der Waals surface area contributed by atoms with Gasteiger partial charge >= 0.3 is 5.97 Å². The third-order valence-electron chi connectivity index (χ3n) is 5.21. The van der Waals surface area contributed by atoms with Gasteiger partial charge in [0, 0.05) is 12.6 Å². The Bertz CT molecular complexity index is 421. The van der Waals surface area contributed by atoms with Crippen LogP contribution in [0.3, 0.4) is 0 Å². The van der Waals surface area contributed by atoms with E-state index in [0.717, 1.165) is 45.1 Å². The summed E-state index contributed by atoms with van der Waals surface area (Å²) in [5, 5.41) is 9.42. The van der Waals surface area contributed by atoms with Gasteiger partial charge in [-0.05, 0) is 38.0 Å². The first kappa shape index (κ1) is 15.7. The third kappa shape index (κ3) is 3.27. The van der Waals surface area contributed by atoms with Gasteiger partial charge in [-0.25, -0.2) is 4.79 Å². The molecule has 2 aliphatic heterocycles. The van der Waals surface area contributed by atoms with E-state index in [0.29, 0.717) is 18.9 Å². The lowest BCUT2D eigenvalue weighted by atomic mass is 9.85. The highest BCUT2D eigenvalue weighted by Gasteiger charge is 2.47. The van der Waals surface area contributed by atoms with Crippen molar-refractivity contribution in [1.82, 2.24) is 4.90 Å². The minimum atomic E-state index is -0.887. The van der Waals surface area contributed by atoms with E-state index in [1.54, 1.807) is 4.90 Å². The fourth-order valence-electron chi connectivity index (χ4n) is 4.17. The third-order valence-corrected chi connectivity index (χ3v) is 5.21. The van der Waals surface area contributed by atoms with Crippen LogP contribution in [0.2, 0.25) is 0 Å². The van der Waals surface area contributed by atoms with Gasteiger partial charge in [0.15, 0.2) is 0 Å². The predicted molar refractivity (Wildman–Crippen MR) is 78.4 cm³/mol. The lowest BCUT2D eigenvalue weighted by molar-refractivity contribution is -0.152. The summed E-state index contributed by atoms with van der Waals surface area (Å²) in [4.78, 5) is 25.6. The molecule has 0 bridgehead atoms. The van der Waals surface area contributed by atoms with Gasteiger partial charge in [-0.1, -0.05) is 12.8 Å². The van der Waals surface area contributed by atoms with Crippen molar-refractivity contribution in [3.8, 4) is 0 Å². The number of ether oxygens (including phenoxy) is 2. The molecule has 3 fully saturated rings. The smallest absolute Gasteiger partial charge is 0.326 e. The van der Waals surface area contributed by atoms with Crippen LogP contribution in [0.1, 0.15) is 44.9 Å². The van der Waals surface area contributed by atoms with Gasteiger partial charge in [-0.2, -0.15) is 0 Å². The zero-order valence-electron chi connectivity index (χ0n) is 12.9. The molecule has 3 aliphatic rings. The van der Waals surface area contributed by atoms with E-state index in [1.165, 1.54) is 0 Å². The number of fused-ring (bicyclic) bond motifs is 1. The van der Waals surface area contributed by atoms with Crippen LogP contribution in [-0.4, -0.2) is 59.9 Å². The van der Waals surface area contributed by atoms with E-state index in [4.69, 9.17) is 9.47 Å². The Morgan fingerprint density at radius 3 is 2.73 bits per heavy atom. The summed E-state index contributed by atoms with van der Waals surface area (Å²) in [5.74, 6) is -0.723. The summed E-state index contributed by atoms with van der Waals surface area (Å²) in [6.45, 7) is 1.15. The molecular weight excluding hydrogens is 286 g/mol. The average Bonchev–Trinajstić information content (AvgIpc) is 3.13. The number of carbonyl (C=O) groups is 2. The molecule has 0 spiro atoms. The Kier molecular flexibility index (Phi) is 4.98. The molecule has 1 amide bonds. The van der Waals surface area contributed by atoms with Crippen molar-refractivity contribution in [2.24, 2.45) is 5.92 Å². The fraction of sp³-hybridized carbons (Fsp3) is 0.875. The van der Waals surface area contributed by atoms with E-state index in [2.05, 4.69) is 0 Å². The molecule has 1 aliphatic carbocycles. The van der Waals surface area contributed by atoms with E-state index in [1.807, 2.05) is 0 Å². The highest BCUT2D eigenvalue weighted by molar-refractivity contribution is 5.85. The van der Waals surface area contributed by atoms with E-state index < -0.39 is 12.0 Å². The van der Waals surface area contributed by atoms with Crippen LogP contribution in [0.15, 0.2) is 0 Å². The van der Waals surface area contributed by atoms with Gasteiger partial charge < -0.3 is 19.5 Å². The van der Waals surface area contributed by atoms with E-state index in [-0.39, 0.29) is 24.7 Å². The van der Waals surface area contributed by atoms with Gasteiger partial charge in [0.1, 0.15) is 12.6 Å². The largest absolute Gasteiger partial charge is 0.480 e. The Labute approximate surface area is 130 Å². The Balaban J connectivity index is 1.56. The number of carboxylic acids is 1. The van der Waals surface area contributed by atoms with Crippen molar-refractivity contribution in [3.63, 3.8) is 0 Å². The van der Waals surface area contributed by atoms with Crippen molar-refractivity contribution in [1.29, 1.82) is 0 Å². The summed E-state index contributed by atoms with van der Waals surface area (Å²) in [7, 11) is 0. The molecule has 4 atom stereocenters. The highest BCUT2D eigenvalue weighted by Crippen LogP contribution is 2.39. The molecule has 3 rings (SSSR count). The molecule has 0 aromatic carbocycles. The standard InChI is InChI=1S/C16H25NO5/c18-15(10-21-9-12-5-3-7-22-12)17-13-6-2-1-4-11(13)8-14(17)16(19)20/h11-14H,1-10H2,(H,19,20)/t11-,12+,13+,14-/m0/s1. The number of hydrogen-bond donors (Lipinski definition) is 1.